The average Bonchev–Trinajstić information content (AvgIpc) is 2.26. The van der Waals surface area contributed by atoms with Gasteiger partial charge in [-0.25, -0.2) is 4.98 Å². The van der Waals surface area contributed by atoms with Gasteiger partial charge >= 0.3 is 5.69 Å². The summed E-state index contributed by atoms with van der Waals surface area (Å²) in [5.41, 5.74) is 5.39. The van der Waals surface area contributed by atoms with Crippen molar-refractivity contribution in [2.24, 2.45) is 0 Å². The van der Waals surface area contributed by atoms with Gasteiger partial charge in [-0.15, -0.1) is 0 Å². The molecule has 0 aromatic carbocycles. The second kappa shape index (κ2) is 6.29. The summed E-state index contributed by atoms with van der Waals surface area (Å²) in [5, 5.41) is 13.7. The van der Waals surface area contributed by atoms with Gasteiger partial charge in [0.05, 0.1) is 4.92 Å². The molecule has 2 unspecified atom stereocenters. The highest BCUT2D eigenvalue weighted by Gasteiger charge is 2.17. The van der Waals surface area contributed by atoms with Crippen molar-refractivity contribution in [3.8, 4) is 0 Å². The zero-order valence-corrected chi connectivity index (χ0v) is 11.1. The van der Waals surface area contributed by atoms with Crippen molar-refractivity contribution in [2.75, 3.05) is 23.1 Å². The molecule has 2 atom stereocenters. The van der Waals surface area contributed by atoms with Crippen LogP contribution in [0.4, 0.5) is 17.3 Å². The molecule has 1 aromatic rings. The van der Waals surface area contributed by atoms with Gasteiger partial charge in [-0.1, -0.05) is 0 Å². The summed E-state index contributed by atoms with van der Waals surface area (Å²) in [6, 6.07) is 2.63. The molecule has 0 spiro atoms. The van der Waals surface area contributed by atoms with Crippen LogP contribution in [-0.2, 0) is 10.8 Å². The van der Waals surface area contributed by atoms with Gasteiger partial charge in [-0.05, 0) is 19.4 Å². The van der Waals surface area contributed by atoms with Crippen LogP contribution in [0.15, 0.2) is 12.1 Å². The number of nitrogen functional groups attached to an aromatic ring is 1. The number of anilines is 2. The Hall–Kier alpha value is -1.70. The van der Waals surface area contributed by atoms with Crippen molar-refractivity contribution < 1.29 is 9.13 Å². The summed E-state index contributed by atoms with van der Waals surface area (Å²) in [4.78, 5) is 14.2. The molecule has 0 amide bonds. The number of nitrogens with zero attached hydrogens (tertiary/aromatic N) is 2. The smallest absolute Gasteiger partial charge is 0.311 e. The lowest BCUT2D eigenvalue weighted by molar-refractivity contribution is -0.384. The number of nitrogens with two attached hydrogens (primary N) is 1. The molecule has 18 heavy (non-hydrogen) atoms. The summed E-state index contributed by atoms with van der Waals surface area (Å²) in [7, 11) is -0.882. The number of hydrogen-bond acceptors (Lipinski definition) is 6. The van der Waals surface area contributed by atoms with Crippen LogP contribution in [0.5, 0.6) is 0 Å². The van der Waals surface area contributed by atoms with E-state index in [0.29, 0.717) is 12.2 Å². The molecule has 0 bridgehead atoms. The predicted octanol–water partition coefficient (Wildman–Crippen LogP) is 1.14. The standard InChI is InChI=1S/C10H16N4O3S/c1-7(5-6-18(2)17)12-10-8(14(15)16)3-4-9(11)13-10/h3-4,7H,5-6H2,1-2H3,(H3,11,12,13). The van der Waals surface area contributed by atoms with Crippen LogP contribution in [0, 0.1) is 10.1 Å². The lowest BCUT2D eigenvalue weighted by atomic mass is 10.2. The van der Waals surface area contributed by atoms with Gasteiger partial charge in [0.25, 0.3) is 0 Å². The second-order valence-corrected chi connectivity index (χ2v) is 5.53. The molecule has 0 saturated heterocycles. The minimum absolute atomic E-state index is 0.0677. The van der Waals surface area contributed by atoms with E-state index in [1.165, 1.54) is 12.1 Å². The normalized spacial score (nSPS) is 13.9. The highest BCUT2D eigenvalue weighted by atomic mass is 32.2. The molecule has 1 aromatic heterocycles. The van der Waals surface area contributed by atoms with E-state index in [1.807, 2.05) is 6.92 Å². The van der Waals surface area contributed by atoms with E-state index in [1.54, 1.807) is 6.26 Å². The fourth-order valence-electron chi connectivity index (χ4n) is 1.37. The molecule has 100 valence electrons. The van der Waals surface area contributed by atoms with E-state index >= 15 is 0 Å². The first kappa shape index (κ1) is 14.4. The molecule has 3 N–H and O–H groups in total. The third-order valence-electron chi connectivity index (χ3n) is 2.31. The maximum atomic E-state index is 11.0. The monoisotopic (exact) mass is 272 g/mol. The minimum atomic E-state index is -0.882. The Morgan fingerprint density at radius 1 is 1.61 bits per heavy atom. The maximum Gasteiger partial charge on any atom is 0.311 e. The molecule has 0 aliphatic carbocycles. The first-order chi connectivity index (χ1) is 8.40. The van der Waals surface area contributed by atoms with Crippen LogP contribution in [0.1, 0.15) is 13.3 Å². The summed E-state index contributed by atoms with van der Waals surface area (Å²) >= 11 is 0. The largest absolute Gasteiger partial charge is 0.384 e. The molecular formula is C10H16N4O3S. The molecular weight excluding hydrogens is 256 g/mol. The number of nitrogens with one attached hydrogen (secondary N) is 1. The Balaban J connectivity index is 2.79. The van der Waals surface area contributed by atoms with E-state index in [2.05, 4.69) is 10.3 Å². The van der Waals surface area contributed by atoms with E-state index in [4.69, 9.17) is 5.73 Å². The highest BCUT2D eigenvalue weighted by Crippen LogP contribution is 2.23. The third-order valence-corrected chi connectivity index (χ3v) is 3.12. The molecule has 0 aliphatic heterocycles. The van der Waals surface area contributed by atoms with Gasteiger partial charge in [0, 0.05) is 34.9 Å². The maximum absolute atomic E-state index is 11.0. The quantitative estimate of drug-likeness (QED) is 0.593. The third kappa shape index (κ3) is 4.28. The topological polar surface area (TPSA) is 111 Å². The van der Waals surface area contributed by atoms with Crippen LogP contribution in [0.3, 0.4) is 0 Å². The van der Waals surface area contributed by atoms with Gasteiger partial charge in [-0.2, -0.15) is 0 Å². The fraction of sp³-hybridized carbons (Fsp3) is 0.500. The summed E-state index contributed by atoms with van der Waals surface area (Å²) in [6.07, 6.45) is 2.25. The van der Waals surface area contributed by atoms with Crippen molar-refractivity contribution in [3.05, 3.63) is 22.2 Å². The van der Waals surface area contributed by atoms with Crippen molar-refractivity contribution in [1.82, 2.24) is 4.98 Å². The predicted molar refractivity (Wildman–Crippen MR) is 71.9 cm³/mol. The Morgan fingerprint density at radius 3 is 2.83 bits per heavy atom. The highest BCUT2D eigenvalue weighted by molar-refractivity contribution is 7.84. The lowest BCUT2D eigenvalue weighted by Crippen LogP contribution is -2.19. The van der Waals surface area contributed by atoms with Crippen LogP contribution < -0.4 is 11.1 Å². The van der Waals surface area contributed by atoms with E-state index in [0.717, 1.165) is 0 Å². The van der Waals surface area contributed by atoms with Gasteiger partial charge in [0.15, 0.2) is 0 Å². The van der Waals surface area contributed by atoms with Crippen molar-refractivity contribution in [3.63, 3.8) is 0 Å². The van der Waals surface area contributed by atoms with Gasteiger partial charge in [0.1, 0.15) is 5.82 Å². The number of nitro groups is 1. The minimum Gasteiger partial charge on any atom is -0.384 e. The average molecular weight is 272 g/mol. The zero-order valence-electron chi connectivity index (χ0n) is 10.3. The molecule has 0 aliphatic rings. The number of aromatic nitrogens is 1. The number of pyridine rings is 1. The first-order valence-corrected chi connectivity index (χ1v) is 7.10. The summed E-state index contributed by atoms with van der Waals surface area (Å²) < 4.78 is 11.0. The number of rotatable bonds is 6. The molecule has 7 nitrogen and oxygen atoms in total. The molecule has 1 rings (SSSR count). The van der Waals surface area contributed by atoms with Crippen LogP contribution in [0.25, 0.3) is 0 Å². The van der Waals surface area contributed by atoms with E-state index < -0.39 is 15.7 Å². The Morgan fingerprint density at radius 2 is 2.28 bits per heavy atom. The van der Waals surface area contributed by atoms with Crippen molar-refractivity contribution in [1.29, 1.82) is 0 Å². The Kier molecular flexibility index (Phi) is 5.02. The van der Waals surface area contributed by atoms with Crippen molar-refractivity contribution >= 4 is 28.1 Å². The van der Waals surface area contributed by atoms with Crippen LogP contribution >= 0.6 is 0 Å². The fourth-order valence-corrected chi connectivity index (χ4v) is 2.05. The molecule has 1 heterocycles. The van der Waals surface area contributed by atoms with Crippen LogP contribution in [0.2, 0.25) is 0 Å². The Bertz CT molecular complexity index is 466. The first-order valence-electron chi connectivity index (χ1n) is 5.37. The molecule has 0 saturated carbocycles. The van der Waals surface area contributed by atoms with Gasteiger partial charge in [-0.3, -0.25) is 14.3 Å². The number of hydrogen-bond donors (Lipinski definition) is 2. The van der Waals surface area contributed by atoms with Gasteiger partial charge < -0.3 is 11.1 Å². The van der Waals surface area contributed by atoms with E-state index in [9.17, 15) is 14.3 Å². The SMILES string of the molecule is CC(CCS(C)=O)Nc1nc(N)ccc1[N+](=O)[O-]. The summed E-state index contributed by atoms with van der Waals surface area (Å²) in [6.45, 7) is 1.85. The zero-order chi connectivity index (χ0) is 13.7. The molecule has 0 fully saturated rings. The van der Waals surface area contributed by atoms with E-state index in [-0.39, 0.29) is 23.4 Å². The second-order valence-electron chi connectivity index (χ2n) is 3.97. The van der Waals surface area contributed by atoms with Crippen molar-refractivity contribution in [2.45, 2.75) is 19.4 Å². The van der Waals surface area contributed by atoms with Gasteiger partial charge in [0.2, 0.25) is 5.82 Å². The molecule has 8 heteroatoms. The summed E-state index contributed by atoms with van der Waals surface area (Å²) in [5.74, 6) is 0.897. The molecule has 0 radical (unpaired) electrons. The lowest BCUT2D eigenvalue weighted by Gasteiger charge is -2.13. The Labute approximate surface area is 107 Å². The van der Waals surface area contributed by atoms with Crippen LogP contribution in [-0.4, -0.2) is 32.2 Å².